The summed E-state index contributed by atoms with van der Waals surface area (Å²) in [5.74, 6) is -0.855. The molecule has 0 radical (unpaired) electrons. The standard InChI is InChI=1S/C15H16ClFN2O3/c16-12-9-10(17)1-2-11(12)14(20)19-6-4-18(5-7-19)13-3-8-22-15(13)21/h1-2,9,13H,3-8H2. The van der Waals surface area contributed by atoms with E-state index in [1.807, 2.05) is 4.90 Å². The zero-order valence-corrected chi connectivity index (χ0v) is 12.7. The number of benzene rings is 1. The maximum atomic E-state index is 13.1. The first-order chi connectivity index (χ1) is 10.6. The van der Waals surface area contributed by atoms with Crippen molar-refractivity contribution >= 4 is 23.5 Å². The fourth-order valence-corrected chi connectivity index (χ4v) is 3.13. The lowest BCUT2D eigenvalue weighted by Gasteiger charge is -2.36. The number of piperazine rings is 1. The largest absolute Gasteiger partial charge is 0.464 e. The van der Waals surface area contributed by atoms with Crippen LogP contribution in [0.3, 0.4) is 0 Å². The Kier molecular flexibility index (Phi) is 4.31. The van der Waals surface area contributed by atoms with Crippen LogP contribution in [0.1, 0.15) is 16.8 Å². The van der Waals surface area contributed by atoms with Crippen LogP contribution in [-0.2, 0) is 9.53 Å². The quantitative estimate of drug-likeness (QED) is 0.774. The Labute approximate surface area is 132 Å². The first-order valence-electron chi connectivity index (χ1n) is 7.21. The highest BCUT2D eigenvalue weighted by atomic mass is 35.5. The Morgan fingerprint density at radius 2 is 2.00 bits per heavy atom. The van der Waals surface area contributed by atoms with Crippen molar-refractivity contribution in [1.29, 1.82) is 0 Å². The average molecular weight is 327 g/mol. The van der Waals surface area contributed by atoms with Gasteiger partial charge in [-0.15, -0.1) is 0 Å². The zero-order valence-electron chi connectivity index (χ0n) is 11.9. The fourth-order valence-electron chi connectivity index (χ4n) is 2.89. The van der Waals surface area contributed by atoms with Gasteiger partial charge in [-0.25, -0.2) is 4.39 Å². The highest BCUT2D eigenvalue weighted by Gasteiger charge is 2.35. The first kappa shape index (κ1) is 15.2. The lowest BCUT2D eigenvalue weighted by Crippen LogP contribution is -2.53. The van der Waals surface area contributed by atoms with Crippen LogP contribution >= 0.6 is 11.6 Å². The zero-order chi connectivity index (χ0) is 15.7. The molecule has 7 heteroatoms. The van der Waals surface area contributed by atoms with Gasteiger partial charge in [0.05, 0.1) is 17.2 Å². The van der Waals surface area contributed by atoms with Crippen LogP contribution in [0.5, 0.6) is 0 Å². The second-order valence-corrected chi connectivity index (χ2v) is 5.83. The van der Waals surface area contributed by atoms with Gasteiger partial charge in [-0.3, -0.25) is 14.5 Å². The van der Waals surface area contributed by atoms with Crippen LogP contribution in [0, 0.1) is 5.82 Å². The molecule has 5 nitrogen and oxygen atoms in total. The number of cyclic esters (lactones) is 1. The summed E-state index contributed by atoms with van der Waals surface area (Å²) in [6, 6.07) is 3.58. The Morgan fingerprint density at radius 3 is 2.59 bits per heavy atom. The van der Waals surface area contributed by atoms with Crippen molar-refractivity contribution in [2.24, 2.45) is 0 Å². The van der Waals surface area contributed by atoms with Gasteiger partial charge in [-0.05, 0) is 18.2 Å². The number of ether oxygens (including phenoxy) is 1. The number of rotatable bonds is 2. The average Bonchev–Trinajstić information content (AvgIpc) is 2.93. The van der Waals surface area contributed by atoms with Crippen LogP contribution in [0.15, 0.2) is 18.2 Å². The van der Waals surface area contributed by atoms with Gasteiger partial charge in [-0.1, -0.05) is 11.6 Å². The molecule has 1 aromatic rings. The predicted octanol–water partition coefficient (Wildman–Crippen LogP) is 1.55. The van der Waals surface area contributed by atoms with Crippen molar-refractivity contribution in [3.05, 3.63) is 34.6 Å². The molecule has 3 rings (SSSR count). The number of hydrogen-bond acceptors (Lipinski definition) is 4. The molecular weight excluding hydrogens is 311 g/mol. The molecule has 2 saturated heterocycles. The highest BCUT2D eigenvalue weighted by molar-refractivity contribution is 6.33. The van der Waals surface area contributed by atoms with Crippen molar-refractivity contribution in [3.8, 4) is 0 Å². The van der Waals surface area contributed by atoms with Gasteiger partial charge in [0.25, 0.3) is 5.91 Å². The summed E-state index contributed by atoms with van der Waals surface area (Å²) in [6.45, 7) is 2.72. The number of esters is 1. The van der Waals surface area contributed by atoms with Crippen molar-refractivity contribution in [2.75, 3.05) is 32.8 Å². The van der Waals surface area contributed by atoms with E-state index in [2.05, 4.69) is 0 Å². The minimum Gasteiger partial charge on any atom is -0.464 e. The Bertz CT molecular complexity index is 602. The number of halogens is 2. The minimum atomic E-state index is -0.467. The molecule has 1 unspecified atom stereocenters. The second kappa shape index (κ2) is 6.22. The molecule has 118 valence electrons. The SMILES string of the molecule is O=C1OCCC1N1CCN(C(=O)c2ccc(F)cc2Cl)CC1. The number of nitrogens with zero attached hydrogens (tertiary/aromatic N) is 2. The van der Waals surface area contributed by atoms with E-state index in [-0.39, 0.29) is 22.9 Å². The topological polar surface area (TPSA) is 49.9 Å². The molecule has 0 aromatic heterocycles. The van der Waals surface area contributed by atoms with Crippen LogP contribution in [0.25, 0.3) is 0 Å². The molecule has 0 spiro atoms. The van der Waals surface area contributed by atoms with E-state index < -0.39 is 5.82 Å². The highest BCUT2D eigenvalue weighted by Crippen LogP contribution is 2.21. The van der Waals surface area contributed by atoms with Crippen LogP contribution < -0.4 is 0 Å². The molecule has 2 aliphatic rings. The van der Waals surface area contributed by atoms with E-state index in [0.717, 1.165) is 6.07 Å². The number of carbonyl (C=O) groups is 2. The van der Waals surface area contributed by atoms with E-state index in [0.29, 0.717) is 44.8 Å². The summed E-state index contributed by atoms with van der Waals surface area (Å²) in [5, 5.41) is 0.117. The summed E-state index contributed by atoms with van der Waals surface area (Å²) >= 11 is 5.94. The summed E-state index contributed by atoms with van der Waals surface area (Å²) < 4.78 is 18.0. The monoisotopic (exact) mass is 326 g/mol. The number of hydrogen-bond donors (Lipinski definition) is 0. The fraction of sp³-hybridized carbons (Fsp3) is 0.467. The van der Waals surface area contributed by atoms with E-state index in [9.17, 15) is 14.0 Å². The van der Waals surface area contributed by atoms with Crippen molar-refractivity contribution in [1.82, 2.24) is 9.80 Å². The smallest absolute Gasteiger partial charge is 0.323 e. The van der Waals surface area contributed by atoms with Crippen molar-refractivity contribution in [3.63, 3.8) is 0 Å². The van der Waals surface area contributed by atoms with E-state index >= 15 is 0 Å². The summed E-state index contributed by atoms with van der Waals surface area (Å²) in [7, 11) is 0. The molecule has 22 heavy (non-hydrogen) atoms. The first-order valence-corrected chi connectivity index (χ1v) is 7.59. The number of carbonyl (C=O) groups excluding carboxylic acids is 2. The maximum absolute atomic E-state index is 13.1. The number of amides is 1. The summed E-state index contributed by atoms with van der Waals surface area (Å²) in [5.41, 5.74) is 0.303. The molecule has 0 saturated carbocycles. The molecule has 1 atom stereocenters. The molecule has 0 bridgehead atoms. The summed E-state index contributed by atoms with van der Waals surface area (Å²) in [6.07, 6.45) is 0.705. The summed E-state index contributed by atoms with van der Waals surface area (Å²) in [4.78, 5) is 27.7. The minimum absolute atomic E-state index is 0.117. The van der Waals surface area contributed by atoms with Gasteiger partial charge in [0.15, 0.2) is 0 Å². The van der Waals surface area contributed by atoms with Crippen molar-refractivity contribution in [2.45, 2.75) is 12.5 Å². The van der Waals surface area contributed by atoms with Gasteiger partial charge in [0.1, 0.15) is 11.9 Å². The maximum Gasteiger partial charge on any atom is 0.323 e. The lowest BCUT2D eigenvalue weighted by molar-refractivity contribution is -0.142. The van der Waals surface area contributed by atoms with Gasteiger partial charge in [-0.2, -0.15) is 0 Å². The third kappa shape index (κ3) is 2.94. The van der Waals surface area contributed by atoms with Crippen molar-refractivity contribution < 1.29 is 18.7 Å². The Morgan fingerprint density at radius 1 is 1.27 bits per heavy atom. The van der Waals surface area contributed by atoms with Gasteiger partial charge >= 0.3 is 5.97 Å². The molecular formula is C15H16ClFN2O3. The molecule has 0 N–H and O–H groups in total. The van der Waals surface area contributed by atoms with Gasteiger partial charge in [0, 0.05) is 32.6 Å². The normalized spacial score (nSPS) is 22.7. The van der Waals surface area contributed by atoms with E-state index in [4.69, 9.17) is 16.3 Å². The van der Waals surface area contributed by atoms with Gasteiger partial charge in [0.2, 0.25) is 0 Å². The van der Waals surface area contributed by atoms with E-state index in [1.54, 1.807) is 4.90 Å². The lowest BCUT2D eigenvalue weighted by atomic mass is 10.1. The third-order valence-electron chi connectivity index (χ3n) is 4.11. The van der Waals surface area contributed by atoms with Gasteiger partial charge < -0.3 is 9.64 Å². The van der Waals surface area contributed by atoms with Crippen LogP contribution in [0.4, 0.5) is 4.39 Å². The predicted molar refractivity (Wildman–Crippen MR) is 78.3 cm³/mol. The molecule has 2 aliphatic heterocycles. The Balaban J connectivity index is 1.63. The molecule has 1 amide bonds. The van der Waals surface area contributed by atoms with Crippen LogP contribution in [0.2, 0.25) is 5.02 Å². The van der Waals surface area contributed by atoms with Crippen LogP contribution in [-0.4, -0.2) is 60.5 Å². The Hall–Kier alpha value is -1.66. The second-order valence-electron chi connectivity index (χ2n) is 5.42. The molecule has 0 aliphatic carbocycles. The molecule has 1 aromatic carbocycles. The molecule has 2 heterocycles. The van der Waals surface area contributed by atoms with E-state index in [1.165, 1.54) is 12.1 Å². The molecule has 2 fully saturated rings. The third-order valence-corrected chi connectivity index (χ3v) is 4.42.